The highest BCUT2D eigenvalue weighted by Gasteiger charge is 2.24. The minimum absolute atomic E-state index is 0.0102. The Morgan fingerprint density at radius 3 is 2.50 bits per heavy atom. The Balaban J connectivity index is 1.44. The van der Waals surface area contributed by atoms with Gasteiger partial charge in [-0.15, -0.1) is 0 Å². The Hall–Kier alpha value is -4.43. The summed E-state index contributed by atoms with van der Waals surface area (Å²) in [6.45, 7) is 0. The van der Waals surface area contributed by atoms with Crippen molar-refractivity contribution in [1.29, 1.82) is 0 Å². The number of benzene rings is 3. The molecule has 34 heavy (non-hydrogen) atoms. The Kier molecular flexibility index (Phi) is 4.67. The van der Waals surface area contributed by atoms with Gasteiger partial charge in [0.1, 0.15) is 11.3 Å². The zero-order chi connectivity index (χ0) is 23.2. The highest BCUT2D eigenvalue weighted by Crippen LogP contribution is 2.44. The molecule has 0 amide bonds. The van der Waals surface area contributed by atoms with E-state index < -0.39 is 4.92 Å². The molecule has 0 radical (unpaired) electrons. The second-order valence-corrected chi connectivity index (χ2v) is 8.89. The Labute approximate surface area is 198 Å². The number of para-hydroxylation sites is 1. The fraction of sp³-hybridized carbons (Fsp3) is 0. The van der Waals surface area contributed by atoms with E-state index in [1.165, 1.54) is 12.1 Å². The fourth-order valence-corrected chi connectivity index (χ4v) is 5.06. The molecule has 0 bridgehead atoms. The Morgan fingerprint density at radius 2 is 1.68 bits per heavy atom. The number of nitro benzene ring substituents is 1. The Morgan fingerprint density at radius 1 is 0.912 bits per heavy atom. The summed E-state index contributed by atoms with van der Waals surface area (Å²) in [4.78, 5) is 31.1. The molecular formula is C26H16N4O3S. The summed E-state index contributed by atoms with van der Waals surface area (Å²) < 4.78 is 1.83. The third-order valence-electron chi connectivity index (χ3n) is 5.71. The van der Waals surface area contributed by atoms with Crippen LogP contribution in [0.25, 0.3) is 16.9 Å². The molecule has 7 nitrogen and oxygen atoms in total. The van der Waals surface area contributed by atoms with Crippen molar-refractivity contribution in [3.63, 3.8) is 0 Å². The largest absolute Gasteiger partial charge is 0.354 e. The van der Waals surface area contributed by atoms with Gasteiger partial charge in [0.15, 0.2) is 0 Å². The van der Waals surface area contributed by atoms with Crippen molar-refractivity contribution in [2.75, 3.05) is 5.32 Å². The van der Waals surface area contributed by atoms with Crippen LogP contribution in [0.15, 0.2) is 101 Å². The lowest BCUT2D eigenvalue weighted by Crippen LogP contribution is -2.07. The minimum Gasteiger partial charge on any atom is -0.354 e. The first-order valence-electron chi connectivity index (χ1n) is 10.5. The number of pyridine rings is 1. The summed E-state index contributed by atoms with van der Waals surface area (Å²) in [5.41, 5.74) is 4.57. The maximum atomic E-state index is 13.7. The molecule has 1 aliphatic heterocycles. The maximum absolute atomic E-state index is 13.7. The van der Waals surface area contributed by atoms with Crippen molar-refractivity contribution in [2.24, 2.45) is 0 Å². The molecule has 1 aliphatic rings. The molecule has 0 saturated heterocycles. The van der Waals surface area contributed by atoms with Gasteiger partial charge in [0.2, 0.25) is 5.78 Å². The molecule has 1 N–H and O–H groups in total. The van der Waals surface area contributed by atoms with Crippen LogP contribution >= 0.6 is 11.8 Å². The zero-order valence-electron chi connectivity index (χ0n) is 17.6. The summed E-state index contributed by atoms with van der Waals surface area (Å²) in [5.74, 6) is -0.217. The van der Waals surface area contributed by atoms with Gasteiger partial charge in [-0.1, -0.05) is 30.0 Å². The quantitative estimate of drug-likeness (QED) is 0.186. The minimum atomic E-state index is -0.444. The fourth-order valence-electron chi connectivity index (χ4n) is 4.09. The molecule has 164 valence electrons. The smallest absolute Gasteiger partial charge is 0.269 e. The van der Waals surface area contributed by atoms with Gasteiger partial charge in [-0.3, -0.25) is 19.3 Å². The van der Waals surface area contributed by atoms with E-state index in [4.69, 9.17) is 0 Å². The molecule has 0 fully saturated rings. The number of rotatable bonds is 4. The lowest BCUT2D eigenvalue weighted by molar-refractivity contribution is -0.384. The van der Waals surface area contributed by atoms with Crippen molar-refractivity contribution in [3.05, 3.63) is 112 Å². The first-order chi connectivity index (χ1) is 16.6. The third kappa shape index (κ3) is 3.32. The third-order valence-corrected chi connectivity index (χ3v) is 6.87. The van der Waals surface area contributed by atoms with Crippen LogP contribution in [0.5, 0.6) is 0 Å². The van der Waals surface area contributed by atoms with E-state index in [1.807, 2.05) is 65.2 Å². The number of nitrogens with zero attached hydrogens (tertiary/aromatic N) is 3. The van der Waals surface area contributed by atoms with Gasteiger partial charge in [-0.05, 0) is 54.6 Å². The predicted molar refractivity (Wildman–Crippen MR) is 131 cm³/mol. The summed E-state index contributed by atoms with van der Waals surface area (Å²) in [7, 11) is 0. The van der Waals surface area contributed by atoms with Crippen molar-refractivity contribution in [2.45, 2.75) is 9.79 Å². The number of carbonyl (C=O) groups is 1. The average molecular weight is 465 g/mol. The SMILES string of the molecule is O=C(c1ccc2c(c1)Nc1ccccc1S2)c1nc2ccccn2c1-c1ccc([N+](=O)[O-])cc1. The van der Waals surface area contributed by atoms with E-state index in [0.717, 1.165) is 21.2 Å². The van der Waals surface area contributed by atoms with E-state index in [2.05, 4.69) is 16.4 Å². The number of hydrogen-bond donors (Lipinski definition) is 1. The van der Waals surface area contributed by atoms with E-state index in [-0.39, 0.29) is 11.5 Å². The molecule has 0 atom stereocenters. The number of carbonyl (C=O) groups excluding carboxylic acids is 1. The van der Waals surface area contributed by atoms with Crippen molar-refractivity contribution in [3.8, 4) is 11.3 Å². The van der Waals surface area contributed by atoms with Crippen LogP contribution < -0.4 is 5.32 Å². The number of nitro groups is 1. The average Bonchev–Trinajstić information content (AvgIpc) is 3.26. The number of non-ortho nitro benzene ring substituents is 1. The number of imidazole rings is 1. The second-order valence-electron chi connectivity index (χ2n) is 7.81. The van der Waals surface area contributed by atoms with Gasteiger partial charge < -0.3 is 5.32 Å². The van der Waals surface area contributed by atoms with Crippen molar-refractivity contribution in [1.82, 2.24) is 9.38 Å². The van der Waals surface area contributed by atoms with Gasteiger partial charge in [-0.2, -0.15) is 0 Å². The molecule has 6 rings (SSSR count). The van der Waals surface area contributed by atoms with Crippen LogP contribution in [-0.4, -0.2) is 20.1 Å². The van der Waals surface area contributed by atoms with Crippen LogP contribution in [0.1, 0.15) is 16.1 Å². The van der Waals surface area contributed by atoms with Crippen molar-refractivity contribution < 1.29 is 9.72 Å². The number of aromatic nitrogens is 2. The maximum Gasteiger partial charge on any atom is 0.269 e. The van der Waals surface area contributed by atoms with Crippen LogP contribution in [0.2, 0.25) is 0 Å². The number of hydrogen-bond acceptors (Lipinski definition) is 6. The molecule has 3 aromatic carbocycles. The lowest BCUT2D eigenvalue weighted by atomic mass is 10.0. The van der Waals surface area contributed by atoms with E-state index in [1.54, 1.807) is 23.9 Å². The number of anilines is 2. The monoisotopic (exact) mass is 464 g/mol. The highest BCUT2D eigenvalue weighted by molar-refractivity contribution is 7.99. The lowest BCUT2D eigenvalue weighted by Gasteiger charge is -2.21. The van der Waals surface area contributed by atoms with E-state index in [0.29, 0.717) is 28.2 Å². The second kappa shape index (κ2) is 7.86. The summed E-state index contributed by atoms with van der Waals surface area (Å²) in [6.07, 6.45) is 1.83. The molecule has 2 aromatic heterocycles. The van der Waals surface area contributed by atoms with Gasteiger partial charge >= 0.3 is 0 Å². The Bertz CT molecular complexity index is 1610. The summed E-state index contributed by atoms with van der Waals surface area (Å²) in [6, 6.07) is 25.3. The van der Waals surface area contributed by atoms with E-state index >= 15 is 0 Å². The molecule has 8 heteroatoms. The summed E-state index contributed by atoms with van der Waals surface area (Å²) in [5, 5.41) is 14.5. The first-order valence-corrected chi connectivity index (χ1v) is 11.3. The van der Waals surface area contributed by atoms with Crippen LogP contribution in [-0.2, 0) is 0 Å². The zero-order valence-corrected chi connectivity index (χ0v) is 18.5. The van der Waals surface area contributed by atoms with Gasteiger partial charge in [0.05, 0.1) is 22.0 Å². The normalized spacial score (nSPS) is 12.0. The van der Waals surface area contributed by atoms with Crippen LogP contribution in [0, 0.1) is 10.1 Å². The molecular weight excluding hydrogens is 448 g/mol. The van der Waals surface area contributed by atoms with Gasteiger partial charge in [-0.25, -0.2) is 4.98 Å². The first kappa shape index (κ1) is 20.2. The van der Waals surface area contributed by atoms with Crippen molar-refractivity contribution >= 4 is 40.3 Å². The predicted octanol–water partition coefficient (Wildman–Crippen LogP) is 6.35. The molecule has 0 saturated carbocycles. The molecule has 0 unspecified atom stereocenters. The summed E-state index contributed by atoms with van der Waals surface area (Å²) >= 11 is 1.66. The molecule has 5 aromatic rings. The molecule has 3 heterocycles. The highest BCUT2D eigenvalue weighted by atomic mass is 32.2. The van der Waals surface area contributed by atoms with Gasteiger partial charge in [0.25, 0.3) is 5.69 Å². The van der Waals surface area contributed by atoms with Gasteiger partial charge in [0, 0.05) is 39.2 Å². The molecule has 0 spiro atoms. The van der Waals surface area contributed by atoms with Crippen LogP contribution in [0.4, 0.5) is 17.1 Å². The molecule has 0 aliphatic carbocycles. The topological polar surface area (TPSA) is 89.5 Å². The van der Waals surface area contributed by atoms with E-state index in [9.17, 15) is 14.9 Å². The number of ketones is 1. The number of fused-ring (bicyclic) bond motifs is 3. The standard InChI is InChI=1S/C26H16N4O3S/c31-26(17-10-13-22-20(15-17)27-19-5-1-2-6-21(19)34-22)24-25(29-14-4-3-7-23(29)28-24)16-8-11-18(12-9-16)30(32)33/h1-15,27H. The van der Waals surface area contributed by atoms with Crippen LogP contribution in [0.3, 0.4) is 0 Å². The number of nitrogens with one attached hydrogen (secondary N) is 1.